The molecule has 2 aromatic carbocycles. The Bertz CT molecular complexity index is 1150. The van der Waals surface area contributed by atoms with Crippen LogP contribution in [0.15, 0.2) is 71.0 Å². The Balaban J connectivity index is 1.82. The zero-order chi connectivity index (χ0) is 21.3. The maximum atomic E-state index is 13.3. The molecule has 1 aliphatic heterocycles. The lowest BCUT2D eigenvalue weighted by Crippen LogP contribution is -2.31. The number of ether oxygens (including phenoxy) is 1. The van der Waals surface area contributed by atoms with Gasteiger partial charge in [0.1, 0.15) is 17.2 Å². The van der Waals surface area contributed by atoms with Crippen molar-refractivity contribution in [1.29, 1.82) is 0 Å². The first kappa shape index (κ1) is 19.8. The third-order valence-electron chi connectivity index (χ3n) is 4.97. The smallest absolute Gasteiger partial charge is 0.278 e. The average Bonchev–Trinajstić information content (AvgIpc) is 3.34. The molecule has 0 fully saturated rings. The topological polar surface area (TPSA) is 71.8 Å². The summed E-state index contributed by atoms with van der Waals surface area (Å²) in [6.45, 7) is 1.87. The van der Waals surface area contributed by atoms with Gasteiger partial charge in [0.2, 0.25) is 0 Å². The van der Waals surface area contributed by atoms with Crippen LogP contribution >= 0.6 is 11.6 Å². The van der Waals surface area contributed by atoms with Crippen LogP contribution < -0.4 is 10.1 Å². The molecule has 4 rings (SSSR count). The highest BCUT2D eigenvalue weighted by Gasteiger charge is 2.40. The van der Waals surface area contributed by atoms with E-state index in [1.165, 1.54) is 13.4 Å². The molecule has 0 atom stereocenters. The van der Waals surface area contributed by atoms with Crippen molar-refractivity contribution in [3.63, 3.8) is 0 Å². The van der Waals surface area contributed by atoms with Crippen LogP contribution in [0.2, 0.25) is 5.02 Å². The number of halogens is 1. The quantitative estimate of drug-likeness (QED) is 0.586. The fourth-order valence-electron chi connectivity index (χ4n) is 3.37. The summed E-state index contributed by atoms with van der Waals surface area (Å²) in [5.41, 5.74) is 2.36. The molecule has 0 saturated carbocycles. The highest BCUT2D eigenvalue weighted by molar-refractivity contribution is 6.37. The van der Waals surface area contributed by atoms with E-state index in [4.69, 9.17) is 20.8 Å². The number of para-hydroxylation sites is 1. The van der Waals surface area contributed by atoms with Crippen molar-refractivity contribution in [3.8, 4) is 5.75 Å². The highest BCUT2D eigenvalue weighted by atomic mass is 35.5. The number of benzene rings is 2. The minimum Gasteiger partial charge on any atom is -0.496 e. The van der Waals surface area contributed by atoms with Gasteiger partial charge in [-0.1, -0.05) is 35.9 Å². The summed E-state index contributed by atoms with van der Waals surface area (Å²) in [6, 6.07) is 15.9. The summed E-state index contributed by atoms with van der Waals surface area (Å²) >= 11 is 6.24. The Kier molecular flexibility index (Phi) is 5.33. The normalized spacial score (nSPS) is 13.9. The number of furan rings is 1. The van der Waals surface area contributed by atoms with Gasteiger partial charge in [-0.25, -0.2) is 0 Å². The maximum absolute atomic E-state index is 13.3. The SMILES string of the molecule is COc1ccccc1C1=C(Nc2cccc(Cl)c2C)C(=O)N(Cc2ccco2)C1=O. The molecule has 1 aliphatic rings. The maximum Gasteiger partial charge on any atom is 0.278 e. The van der Waals surface area contributed by atoms with Crippen molar-refractivity contribution < 1.29 is 18.7 Å². The fourth-order valence-corrected chi connectivity index (χ4v) is 3.55. The average molecular weight is 423 g/mol. The number of hydrogen-bond acceptors (Lipinski definition) is 5. The second kappa shape index (κ2) is 8.08. The zero-order valence-electron chi connectivity index (χ0n) is 16.4. The number of imide groups is 1. The molecule has 0 aliphatic carbocycles. The standard InChI is InChI=1S/C23H19ClN2O4/c1-14-17(24)9-5-10-18(14)25-21-20(16-8-3-4-11-19(16)29-2)22(27)26(23(21)28)13-15-7-6-12-30-15/h3-12,25H,13H2,1-2H3. The molecule has 30 heavy (non-hydrogen) atoms. The van der Waals surface area contributed by atoms with Crippen LogP contribution in [-0.2, 0) is 16.1 Å². The monoisotopic (exact) mass is 422 g/mol. The minimum absolute atomic E-state index is 0.0308. The van der Waals surface area contributed by atoms with Crippen molar-refractivity contribution in [3.05, 3.63) is 88.5 Å². The van der Waals surface area contributed by atoms with E-state index in [0.717, 1.165) is 10.5 Å². The number of carbonyl (C=O) groups excluding carboxylic acids is 2. The molecular formula is C23H19ClN2O4. The Morgan fingerprint density at radius 2 is 1.83 bits per heavy atom. The van der Waals surface area contributed by atoms with Crippen LogP contribution in [0.25, 0.3) is 5.57 Å². The van der Waals surface area contributed by atoms with Gasteiger partial charge in [0.15, 0.2) is 0 Å². The van der Waals surface area contributed by atoms with Gasteiger partial charge in [0.05, 0.1) is 25.5 Å². The first-order valence-electron chi connectivity index (χ1n) is 9.29. The van der Waals surface area contributed by atoms with Gasteiger partial charge in [0, 0.05) is 16.3 Å². The summed E-state index contributed by atoms with van der Waals surface area (Å²) in [4.78, 5) is 27.8. The van der Waals surface area contributed by atoms with E-state index in [2.05, 4.69) is 5.32 Å². The number of carbonyl (C=O) groups is 2. The lowest BCUT2D eigenvalue weighted by atomic mass is 10.0. The van der Waals surface area contributed by atoms with Crippen LogP contribution in [0.4, 0.5) is 5.69 Å². The molecule has 7 heteroatoms. The van der Waals surface area contributed by atoms with E-state index in [-0.39, 0.29) is 17.8 Å². The van der Waals surface area contributed by atoms with Gasteiger partial charge >= 0.3 is 0 Å². The molecular weight excluding hydrogens is 404 g/mol. The van der Waals surface area contributed by atoms with Crippen LogP contribution in [0, 0.1) is 6.92 Å². The third kappa shape index (κ3) is 3.46. The second-order valence-electron chi connectivity index (χ2n) is 6.76. The molecule has 0 radical (unpaired) electrons. The van der Waals surface area contributed by atoms with Gasteiger partial charge in [-0.05, 0) is 42.8 Å². The van der Waals surface area contributed by atoms with E-state index in [0.29, 0.717) is 27.8 Å². The second-order valence-corrected chi connectivity index (χ2v) is 7.17. The molecule has 1 N–H and O–H groups in total. The minimum atomic E-state index is -0.448. The van der Waals surface area contributed by atoms with E-state index in [1.807, 2.05) is 6.92 Å². The number of nitrogens with one attached hydrogen (secondary N) is 1. The van der Waals surface area contributed by atoms with Crippen LogP contribution in [0.5, 0.6) is 5.75 Å². The lowest BCUT2D eigenvalue weighted by Gasteiger charge is -2.14. The predicted molar refractivity (Wildman–Crippen MR) is 114 cm³/mol. The molecule has 1 aromatic heterocycles. The number of amides is 2. The number of anilines is 1. The third-order valence-corrected chi connectivity index (χ3v) is 5.38. The van der Waals surface area contributed by atoms with E-state index in [1.54, 1.807) is 54.6 Å². The van der Waals surface area contributed by atoms with Gasteiger partial charge < -0.3 is 14.5 Å². The summed E-state index contributed by atoms with van der Waals surface area (Å²) < 4.78 is 10.8. The number of nitrogens with zero attached hydrogens (tertiary/aromatic N) is 1. The Morgan fingerprint density at radius 1 is 1.03 bits per heavy atom. The van der Waals surface area contributed by atoms with Gasteiger partial charge in [0.25, 0.3) is 11.8 Å². The van der Waals surface area contributed by atoms with Crippen molar-refractivity contribution in [1.82, 2.24) is 4.90 Å². The van der Waals surface area contributed by atoms with Crippen molar-refractivity contribution in [2.75, 3.05) is 12.4 Å². The van der Waals surface area contributed by atoms with E-state index in [9.17, 15) is 9.59 Å². The molecule has 0 unspecified atom stereocenters. The van der Waals surface area contributed by atoms with E-state index >= 15 is 0 Å². The molecule has 0 saturated heterocycles. The Hall–Kier alpha value is -3.51. The van der Waals surface area contributed by atoms with Gasteiger partial charge in [-0.3, -0.25) is 14.5 Å². The van der Waals surface area contributed by atoms with Gasteiger partial charge in [-0.15, -0.1) is 0 Å². The van der Waals surface area contributed by atoms with E-state index < -0.39 is 11.8 Å². The number of methoxy groups -OCH3 is 1. The molecule has 152 valence electrons. The molecule has 6 nitrogen and oxygen atoms in total. The van der Waals surface area contributed by atoms with Crippen LogP contribution in [0.1, 0.15) is 16.9 Å². The predicted octanol–water partition coefficient (Wildman–Crippen LogP) is 4.64. The van der Waals surface area contributed by atoms with Crippen LogP contribution in [-0.4, -0.2) is 23.8 Å². The fraction of sp³-hybridized carbons (Fsp3) is 0.130. The molecule has 3 aromatic rings. The molecule has 0 bridgehead atoms. The number of hydrogen-bond donors (Lipinski definition) is 1. The Morgan fingerprint density at radius 3 is 2.57 bits per heavy atom. The van der Waals surface area contributed by atoms with Crippen molar-refractivity contribution >= 4 is 34.7 Å². The molecule has 2 heterocycles. The van der Waals surface area contributed by atoms with Crippen LogP contribution in [0.3, 0.4) is 0 Å². The summed E-state index contributed by atoms with van der Waals surface area (Å²) in [5, 5.41) is 3.70. The molecule has 0 spiro atoms. The van der Waals surface area contributed by atoms with Gasteiger partial charge in [-0.2, -0.15) is 0 Å². The highest BCUT2D eigenvalue weighted by Crippen LogP contribution is 2.36. The Labute approximate surface area is 178 Å². The molecule has 2 amide bonds. The number of rotatable bonds is 6. The summed E-state index contributed by atoms with van der Waals surface area (Å²) in [5.74, 6) is 0.131. The lowest BCUT2D eigenvalue weighted by molar-refractivity contribution is -0.137. The summed E-state index contributed by atoms with van der Waals surface area (Å²) in [7, 11) is 1.52. The van der Waals surface area contributed by atoms with Crippen molar-refractivity contribution in [2.45, 2.75) is 13.5 Å². The first-order valence-corrected chi connectivity index (χ1v) is 9.67. The first-order chi connectivity index (χ1) is 14.5. The largest absolute Gasteiger partial charge is 0.496 e. The zero-order valence-corrected chi connectivity index (χ0v) is 17.2. The summed E-state index contributed by atoms with van der Waals surface area (Å²) in [6.07, 6.45) is 1.50. The van der Waals surface area contributed by atoms with Crippen molar-refractivity contribution in [2.24, 2.45) is 0 Å².